The molecule has 1 aliphatic rings. The molecule has 1 N–H and O–H groups in total. The number of carbonyl (C=O) groups is 1. The van der Waals surface area contributed by atoms with Crippen molar-refractivity contribution < 1.29 is 19.4 Å². The molecule has 2 aromatic rings. The zero-order valence-electron chi connectivity index (χ0n) is 17.2. The minimum atomic E-state index is -0.904. The second-order valence-corrected chi connectivity index (χ2v) is 8.92. The molecule has 7 heteroatoms. The number of aromatic nitrogens is 1. The van der Waals surface area contributed by atoms with Gasteiger partial charge in [-0.25, -0.2) is 9.78 Å². The number of benzene rings is 1. The minimum Gasteiger partial charge on any atom is -0.497 e. The maximum atomic E-state index is 11.7. The molecule has 156 valence electrons. The van der Waals surface area contributed by atoms with Gasteiger partial charge in [0.2, 0.25) is 0 Å². The van der Waals surface area contributed by atoms with E-state index in [-0.39, 0.29) is 5.41 Å². The summed E-state index contributed by atoms with van der Waals surface area (Å²) in [5.41, 5.74) is 1.09. The summed E-state index contributed by atoms with van der Waals surface area (Å²) in [6.07, 6.45) is 2.58. The summed E-state index contributed by atoms with van der Waals surface area (Å²) in [4.78, 5) is 17.4. The maximum Gasteiger partial charge on any atom is 0.407 e. The second-order valence-electron chi connectivity index (χ2n) is 8.57. The summed E-state index contributed by atoms with van der Waals surface area (Å²) in [6, 6.07) is 9.44. The monoisotopic (exact) mass is 418 g/mol. The Hall–Kier alpha value is -2.47. The zero-order chi connectivity index (χ0) is 21.2. The lowest BCUT2D eigenvalue weighted by atomic mass is 10.0. The Morgan fingerprint density at radius 3 is 2.41 bits per heavy atom. The summed E-state index contributed by atoms with van der Waals surface area (Å²) in [5.74, 6) is 1.38. The normalized spacial score (nSPS) is 14.9. The Bertz CT molecular complexity index is 873. The van der Waals surface area contributed by atoms with Gasteiger partial charge in [-0.3, -0.25) is 0 Å². The van der Waals surface area contributed by atoms with Crippen LogP contribution in [-0.4, -0.2) is 46.9 Å². The van der Waals surface area contributed by atoms with Gasteiger partial charge < -0.3 is 19.5 Å². The summed E-state index contributed by atoms with van der Waals surface area (Å²) in [5, 5.41) is 9.96. The molecule has 0 radical (unpaired) electrons. The van der Waals surface area contributed by atoms with E-state index in [1.165, 1.54) is 4.90 Å². The summed E-state index contributed by atoms with van der Waals surface area (Å²) in [7, 11) is 1.62. The lowest BCUT2D eigenvalue weighted by molar-refractivity contribution is 0.0746. The van der Waals surface area contributed by atoms with Gasteiger partial charge in [-0.05, 0) is 57.4 Å². The molecule has 3 rings (SSSR count). The number of hydrogen-bond acceptors (Lipinski definition) is 4. The van der Waals surface area contributed by atoms with Crippen molar-refractivity contribution >= 4 is 17.7 Å². The van der Waals surface area contributed by atoms with Crippen LogP contribution >= 0.6 is 11.6 Å². The summed E-state index contributed by atoms with van der Waals surface area (Å²) in [6.45, 7) is 6.61. The molecule has 6 nitrogen and oxygen atoms in total. The maximum absolute atomic E-state index is 11.7. The van der Waals surface area contributed by atoms with E-state index in [0.717, 1.165) is 29.7 Å². The molecule has 29 heavy (non-hydrogen) atoms. The number of ether oxygens (including phenoxy) is 2. The van der Waals surface area contributed by atoms with Crippen LogP contribution in [0.3, 0.4) is 0 Å². The molecule has 1 aromatic carbocycles. The lowest BCUT2D eigenvalue weighted by Gasteiger charge is -2.36. The molecule has 1 amide bonds. The third-order valence-corrected chi connectivity index (χ3v) is 5.55. The molecule has 1 heterocycles. The Morgan fingerprint density at radius 2 is 1.90 bits per heavy atom. The lowest BCUT2D eigenvalue weighted by Crippen LogP contribution is -2.48. The van der Waals surface area contributed by atoms with E-state index in [1.54, 1.807) is 13.3 Å². The Balaban J connectivity index is 1.71. The molecule has 0 aliphatic heterocycles. The van der Waals surface area contributed by atoms with Crippen LogP contribution < -0.4 is 9.47 Å². The Morgan fingerprint density at radius 1 is 1.24 bits per heavy atom. The topological polar surface area (TPSA) is 71.9 Å². The van der Waals surface area contributed by atoms with Crippen molar-refractivity contribution in [3.05, 3.63) is 41.7 Å². The van der Waals surface area contributed by atoms with E-state index in [4.69, 9.17) is 21.1 Å². The number of halogens is 1. The van der Waals surface area contributed by atoms with Gasteiger partial charge in [-0.1, -0.05) is 23.7 Å². The molecule has 1 aromatic heterocycles. The highest BCUT2D eigenvalue weighted by Gasteiger charge is 2.47. The molecule has 0 unspecified atom stereocenters. The van der Waals surface area contributed by atoms with Crippen molar-refractivity contribution in [2.75, 3.05) is 20.3 Å². The van der Waals surface area contributed by atoms with Crippen molar-refractivity contribution in [2.45, 2.75) is 39.2 Å². The Kier molecular flexibility index (Phi) is 5.94. The molecule has 1 saturated carbocycles. The average molecular weight is 419 g/mol. The van der Waals surface area contributed by atoms with E-state index in [0.29, 0.717) is 24.1 Å². The highest BCUT2D eigenvalue weighted by atomic mass is 35.5. The number of pyridine rings is 1. The van der Waals surface area contributed by atoms with Gasteiger partial charge in [-0.2, -0.15) is 0 Å². The van der Waals surface area contributed by atoms with Crippen molar-refractivity contribution in [1.29, 1.82) is 0 Å². The van der Waals surface area contributed by atoms with Crippen molar-refractivity contribution in [3.8, 4) is 22.6 Å². The second kappa shape index (κ2) is 8.11. The number of rotatable bonds is 7. The highest BCUT2D eigenvalue weighted by molar-refractivity contribution is 6.32. The van der Waals surface area contributed by atoms with Crippen molar-refractivity contribution in [3.63, 3.8) is 0 Å². The fourth-order valence-electron chi connectivity index (χ4n) is 3.17. The fourth-order valence-corrected chi connectivity index (χ4v) is 3.38. The van der Waals surface area contributed by atoms with Gasteiger partial charge in [0.15, 0.2) is 0 Å². The first-order valence-corrected chi connectivity index (χ1v) is 9.95. The standard InChI is InChI=1S/C22H27ClN2O4/c1-21(2,3)25(20(26)27)13-22(9-10-22)14-29-17-11-18(19(23)24-12-17)15-5-7-16(28-4)8-6-15/h5-8,11-12H,9-10,13-14H2,1-4H3,(H,26,27). The Labute approximate surface area is 176 Å². The predicted octanol–water partition coefficient (Wildman–Crippen LogP) is 5.35. The van der Waals surface area contributed by atoms with Gasteiger partial charge in [0, 0.05) is 23.1 Å². The molecule has 1 aliphatic carbocycles. The van der Waals surface area contributed by atoms with Crippen molar-refractivity contribution in [1.82, 2.24) is 9.88 Å². The number of carboxylic acid groups (broad SMARTS) is 1. The molecule has 0 spiro atoms. The molecule has 1 fully saturated rings. The first-order chi connectivity index (χ1) is 13.6. The number of hydrogen-bond donors (Lipinski definition) is 1. The van der Waals surface area contributed by atoms with E-state index in [9.17, 15) is 9.90 Å². The fraction of sp³-hybridized carbons (Fsp3) is 0.455. The first-order valence-electron chi connectivity index (χ1n) is 9.57. The van der Waals surface area contributed by atoms with E-state index in [1.807, 2.05) is 51.1 Å². The summed E-state index contributed by atoms with van der Waals surface area (Å²) < 4.78 is 11.2. The number of methoxy groups -OCH3 is 1. The van der Waals surface area contributed by atoms with E-state index >= 15 is 0 Å². The molecular formula is C22H27ClN2O4. The van der Waals surface area contributed by atoms with Crippen molar-refractivity contribution in [2.24, 2.45) is 5.41 Å². The molecule has 0 bridgehead atoms. The van der Waals surface area contributed by atoms with Crippen LogP contribution in [0.25, 0.3) is 11.1 Å². The SMILES string of the molecule is COc1ccc(-c2cc(OCC3(CN(C(=O)O)C(C)(C)C)CC3)cnc2Cl)cc1. The van der Waals surface area contributed by atoms with Gasteiger partial charge in [0.1, 0.15) is 16.7 Å². The van der Waals surface area contributed by atoms with Crippen LogP contribution in [0.5, 0.6) is 11.5 Å². The summed E-state index contributed by atoms with van der Waals surface area (Å²) >= 11 is 6.29. The predicted molar refractivity (Wildman–Crippen MR) is 113 cm³/mol. The third kappa shape index (κ3) is 5.12. The first kappa shape index (κ1) is 21.2. The smallest absolute Gasteiger partial charge is 0.407 e. The quantitative estimate of drug-likeness (QED) is 0.614. The zero-order valence-corrected chi connectivity index (χ0v) is 18.0. The largest absolute Gasteiger partial charge is 0.497 e. The van der Waals surface area contributed by atoms with Gasteiger partial charge in [-0.15, -0.1) is 0 Å². The van der Waals surface area contributed by atoms with Crippen LogP contribution in [-0.2, 0) is 0 Å². The van der Waals surface area contributed by atoms with Crippen LogP contribution in [0.4, 0.5) is 4.79 Å². The number of amides is 1. The van der Waals surface area contributed by atoms with Gasteiger partial charge in [0.05, 0.1) is 19.9 Å². The van der Waals surface area contributed by atoms with Crippen LogP contribution in [0, 0.1) is 5.41 Å². The van der Waals surface area contributed by atoms with E-state index in [2.05, 4.69) is 4.98 Å². The average Bonchev–Trinajstić information content (AvgIpc) is 3.45. The number of nitrogens with zero attached hydrogens (tertiary/aromatic N) is 2. The molecule has 0 saturated heterocycles. The van der Waals surface area contributed by atoms with Crippen LogP contribution in [0.1, 0.15) is 33.6 Å². The third-order valence-electron chi connectivity index (χ3n) is 5.25. The van der Waals surface area contributed by atoms with E-state index < -0.39 is 11.6 Å². The molecular weight excluding hydrogens is 392 g/mol. The van der Waals surface area contributed by atoms with Crippen LogP contribution in [0.15, 0.2) is 36.5 Å². The molecule has 0 atom stereocenters. The van der Waals surface area contributed by atoms with Gasteiger partial charge >= 0.3 is 6.09 Å². The van der Waals surface area contributed by atoms with Crippen LogP contribution in [0.2, 0.25) is 5.15 Å². The van der Waals surface area contributed by atoms with Gasteiger partial charge in [0.25, 0.3) is 0 Å². The minimum absolute atomic E-state index is 0.147. The highest BCUT2D eigenvalue weighted by Crippen LogP contribution is 2.47.